The Balaban J connectivity index is 1.47. The fraction of sp³-hybridized carbons (Fsp3) is 0.227. The van der Waals surface area contributed by atoms with Gasteiger partial charge in [-0.3, -0.25) is 4.79 Å². The highest BCUT2D eigenvalue weighted by atomic mass is 16.5. The smallest absolute Gasteiger partial charge is 0.262 e. The average molecular weight is 365 g/mol. The van der Waals surface area contributed by atoms with Crippen molar-refractivity contribution >= 4 is 22.4 Å². The van der Waals surface area contributed by atoms with Crippen molar-refractivity contribution in [3.63, 3.8) is 0 Å². The third-order valence-corrected chi connectivity index (χ3v) is 3.93. The zero-order valence-electron chi connectivity index (χ0n) is 15.3. The topological polar surface area (TPSA) is 56.8 Å². The maximum absolute atomic E-state index is 12.1. The third kappa shape index (κ3) is 5.72. The first kappa shape index (κ1) is 18.7. The fourth-order valence-corrected chi connectivity index (χ4v) is 2.60. The Bertz CT molecular complexity index is 877. The van der Waals surface area contributed by atoms with Crippen molar-refractivity contribution in [2.24, 2.45) is 0 Å². The van der Waals surface area contributed by atoms with Gasteiger partial charge in [-0.25, -0.2) is 0 Å². The van der Waals surface area contributed by atoms with Crippen molar-refractivity contribution in [3.05, 3.63) is 66.7 Å². The van der Waals surface area contributed by atoms with Crippen LogP contribution in [0.15, 0.2) is 66.7 Å². The Hall–Kier alpha value is -3.05. The monoisotopic (exact) mass is 365 g/mol. The molecule has 0 heterocycles. The molecule has 140 valence electrons. The van der Waals surface area contributed by atoms with Crippen LogP contribution in [0, 0.1) is 0 Å². The molecule has 0 aliphatic heterocycles. The lowest BCUT2D eigenvalue weighted by molar-refractivity contribution is -0.118. The SMILES string of the molecule is CCOCCOc1ccc(NC(=O)COc2ccc3ccccc3c2)cc1. The second kappa shape index (κ2) is 9.59. The molecule has 0 atom stereocenters. The number of anilines is 1. The number of rotatable bonds is 9. The molecule has 0 saturated heterocycles. The van der Waals surface area contributed by atoms with Crippen LogP contribution >= 0.6 is 0 Å². The second-order valence-electron chi connectivity index (χ2n) is 5.92. The van der Waals surface area contributed by atoms with E-state index in [1.165, 1.54) is 0 Å². The first-order valence-electron chi connectivity index (χ1n) is 8.96. The molecule has 3 aromatic carbocycles. The standard InChI is InChI=1S/C22H23NO4/c1-2-25-13-14-26-20-11-8-19(9-12-20)23-22(24)16-27-21-10-7-17-5-3-4-6-18(17)15-21/h3-12,15H,2,13-14,16H2,1H3,(H,23,24). The molecular weight excluding hydrogens is 342 g/mol. The zero-order chi connectivity index (χ0) is 18.9. The van der Waals surface area contributed by atoms with E-state index in [1.807, 2.05) is 61.5 Å². The van der Waals surface area contributed by atoms with E-state index >= 15 is 0 Å². The molecule has 0 unspecified atom stereocenters. The van der Waals surface area contributed by atoms with Gasteiger partial charge in [-0.1, -0.05) is 30.3 Å². The molecule has 0 bridgehead atoms. The lowest BCUT2D eigenvalue weighted by Crippen LogP contribution is -2.20. The molecule has 0 radical (unpaired) electrons. The molecular formula is C22H23NO4. The minimum atomic E-state index is -0.215. The Kier molecular flexibility index (Phi) is 6.66. The molecule has 0 spiro atoms. The maximum Gasteiger partial charge on any atom is 0.262 e. The van der Waals surface area contributed by atoms with E-state index in [9.17, 15) is 4.79 Å². The van der Waals surface area contributed by atoms with Gasteiger partial charge in [-0.15, -0.1) is 0 Å². The first-order chi connectivity index (χ1) is 13.2. The Labute approximate surface area is 158 Å². The fourth-order valence-electron chi connectivity index (χ4n) is 2.60. The van der Waals surface area contributed by atoms with Crippen LogP contribution < -0.4 is 14.8 Å². The van der Waals surface area contributed by atoms with Gasteiger partial charge in [0.15, 0.2) is 6.61 Å². The molecule has 0 aromatic heterocycles. The number of ether oxygens (including phenoxy) is 3. The van der Waals surface area contributed by atoms with Crippen LogP contribution in [-0.4, -0.2) is 32.3 Å². The molecule has 0 saturated carbocycles. The minimum Gasteiger partial charge on any atom is -0.491 e. The van der Waals surface area contributed by atoms with Gasteiger partial charge in [0.05, 0.1) is 6.61 Å². The molecule has 0 fully saturated rings. The van der Waals surface area contributed by atoms with E-state index in [0.717, 1.165) is 16.5 Å². The van der Waals surface area contributed by atoms with Crippen LogP contribution in [0.2, 0.25) is 0 Å². The van der Waals surface area contributed by atoms with Crippen molar-refractivity contribution in [3.8, 4) is 11.5 Å². The van der Waals surface area contributed by atoms with E-state index < -0.39 is 0 Å². The van der Waals surface area contributed by atoms with Gasteiger partial charge in [0, 0.05) is 12.3 Å². The molecule has 0 aliphatic rings. The minimum absolute atomic E-state index is 0.0506. The average Bonchev–Trinajstić information content (AvgIpc) is 2.71. The van der Waals surface area contributed by atoms with Gasteiger partial charge in [-0.2, -0.15) is 0 Å². The number of nitrogens with one attached hydrogen (secondary N) is 1. The molecule has 3 rings (SSSR count). The summed E-state index contributed by atoms with van der Waals surface area (Å²) in [7, 11) is 0. The number of benzene rings is 3. The third-order valence-electron chi connectivity index (χ3n) is 3.93. The quantitative estimate of drug-likeness (QED) is 0.575. The Morgan fingerprint density at radius 1 is 0.852 bits per heavy atom. The summed E-state index contributed by atoms with van der Waals surface area (Å²) in [6, 6.07) is 21.0. The number of hydrogen-bond acceptors (Lipinski definition) is 4. The van der Waals surface area contributed by atoms with E-state index in [-0.39, 0.29) is 12.5 Å². The van der Waals surface area contributed by atoms with E-state index in [0.29, 0.717) is 31.3 Å². The molecule has 0 aliphatic carbocycles. The van der Waals surface area contributed by atoms with Crippen LogP contribution in [0.25, 0.3) is 10.8 Å². The molecule has 5 nitrogen and oxygen atoms in total. The largest absolute Gasteiger partial charge is 0.491 e. The van der Waals surface area contributed by atoms with E-state index in [4.69, 9.17) is 14.2 Å². The second-order valence-corrected chi connectivity index (χ2v) is 5.92. The van der Waals surface area contributed by atoms with Gasteiger partial charge < -0.3 is 19.5 Å². The van der Waals surface area contributed by atoms with Crippen molar-refractivity contribution in [1.29, 1.82) is 0 Å². The van der Waals surface area contributed by atoms with Gasteiger partial charge in [0.25, 0.3) is 5.91 Å². The van der Waals surface area contributed by atoms with Crippen LogP contribution in [0.3, 0.4) is 0 Å². The van der Waals surface area contributed by atoms with Crippen LogP contribution in [-0.2, 0) is 9.53 Å². The van der Waals surface area contributed by atoms with Crippen molar-refractivity contribution in [1.82, 2.24) is 0 Å². The van der Waals surface area contributed by atoms with E-state index in [1.54, 1.807) is 12.1 Å². The predicted octanol–water partition coefficient (Wildman–Crippen LogP) is 4.27. The van der Waals surface area contributed by atoms with Crippen LogP contribution in [0.1, 0.15) is 6.92 Å². The number of carbonyl (C=O) groups is 1. The summed E-state index contributed by atoms with van der Waals surface area (Å²) in [6.45, 7) is 3.63. The van der Waals surface area contributed by atoms with E-state index in [2.05, 4.69) is 5.32 Å². The van der Waals surface area contributed by atoms with Gasteiger partial charge >= 0.3 is 0 Å². The number of amides is 1. The first-order valence-corrected chi connectivity index (χ1v) is 8.96. The highest BCUT2D eigenvalue weighted by Gasteiger charge is 2.05. The van der Waals surface area contributed by atoms with Crippen molar-refractivity contribution < 1.29 is 19.0 Å². The molecule has 1 N–H and O–H groups in total. The molecule has 1 amide bonds. The maximum atomic E-state index is 12.1. The van der Waals surface area contributed by atoms with Crippen molar-refractivity contribution in [2.75, 3.05) is 31.7 Å². The lowest BCUT2D eigenvalue weighted by Gasteiger charge is -2.10. The van der Waals surface area contributed by atoms with Gasteiger partial charge in [0.2, 0.25) is 0 Å². The lowest BCUT2D eigenvalue weighted by atomic mass is 10.1. The highest BCUT2D eigenvalue weighted by Crippen LogP contribution is 2.20. The summed E-state index contributed by atoms with van der Waals surface area (Å²) >= 11 is 0. The number of fused-ring (bicyclic) bond motifs is 1. The summed E-state index contributed by atoms with van der Waals surface area (Å²) < 4.78 is 16.4. The molecule has 27 heavy (non-hydrogen) atoms. The van der Waals surface area contributed by atoms with Gasteiger partial charge in [0.1, 0.15) is 18.1 Å². The Morgan fingerprint density at radius 2 is 1.59 bits per heavy atom. The normalized spacial score (nSPS) is 10.6. The molecule has 3 aromatic rings. The summed E-state index contributed by atoms with van der Waals surface area (Å²) in [6.07, 6.45) is 0. The summed E-state index contributed by atoms with van der Waals surface area (Å²) in [5.74, 6) is 1.19. The number of hydrogen-bond donors (Lipinski definition) is 1. The predicted molar refractivity (Wildman–Crippen MR) is 107 cm³/mol. The highest BCUT2D eigenvalue weighted by molar-refractivity contribution is 5.92. The molecule has 5 heteroatoms. The van der Waals surface area contributed by atoms with Crippen LogP contribution in [0.4, 0.5) is 5.69 Å². The number of carbonyl (C=O) groups excluding carboxylic acids is 1. The summed E-state index contributed by atoms with van der Waals surface area (Å²) in [5.41, 5.74) is 0.694. The van der Waals surface area contributed by atoms with Crippen LogP contribution in [0.5, 0.6) is 11.5 Å². The summed E-state index contributed by atoms with van der Waals surface area (Å²) in [4.78, 5) is 12.1. The zero-order valence-corrected chi connectivity index (χ0v) is 15.3. The summed E-state index contributed by atoms with van der Waals surface area (Å²) in [5, 5.41) is 5.02. The Morgan fingerprint density at radius 3 is 2.37 bits per heavy atom. The van der Waals surface area contributed by atoms with Crippen molar-refractivity contribution in [2.45, 2.75) is 6.92 Å². The van der Waals surface area contributed by atoms with Gasteiger partial charge in [-0.05, 0) is 54.1 Å².